The number of methoxy groups -OCH3 is 1. The molecule has 1 unspecified atom stereocenters. The van der Waals surface area contributed by atoms with Gasteiger partial charge < -0.3 is 10.1 Å². The molecule has 2 aromatic rings. The molecule has 1 amide bonds. The van der Waals surface area contributed by atoms with Crippen LogP contribution < -0.4 is 14.8 Å². The Kier molecular flexibility index (Phi) is 7.33. The normalized spacial score (nSPS) is 12.7. The van der Waals surface area contributed by atoms with Gasteiger partial charge in [0.25, 0.3) is 5.91 Å². The number of carbonyl (C=O) groups is 1. The minimum Gasteiger partial charge on any atom is -0.495 e. The van der Waals surface area contributed by atoms with Crippen LogP contribution in [-0.4, -0.2) is 27.5 Å². The van der Waals surface area contributed by atoms with Crippen LogP contribution in [0.15, 0.2) is 41.3 Å². The fourth-order valence-electron chi connectivity index (χ4n) is 2.55. The number of amides is 1. The van der Waals surface area contributed by atoms with Crippen molar-refractivity contribution in [1.29, 1.82) is 0 Å². The van der Waals surface area contributed by atoms with Crippen molar-refractivity contribution >= 4 is 39.1 Å². The van der Waals surface area contributed by atoms with Gasteiger partial charge in [0.05, 0.1) is 23.2 Å². The van der Waals surface area contributed by atoms with Gasteiger partial charge in [-0.1, -0.05) is 29.3 Å². The van der Waals surface area contributed by atoms with Gasteiger partial charge in [-0.05, 0) is 56.7 Å². The lowest BCUT2D eigenvalue weighted by Crippen LogP contribution is -2.31. The second kappa shape index (κ2) is 9.13. The Morgan fingerprint density at radius 1 is 1.04 bits per heavy atom. The molecule has 0 spiro atoms. The largest absolute Gasteiger partial charge is 0.495 e. The van der Waals surface area contributed by atoms with E-state index in [1.54, 1.807) is 39.0 Å². The van der Waals surface area contributed by atoms with Crippen LogP contribution in [0.5, 0.6) is 5.75 Å². The molecule has 0 aromatic heterocycles. The summed E-state index contributed by atoms with van der Waals surface area (Å²) in [5, 5.41) is 3.63. The van der Waals surface area contributed by atoms with Crippen molar-refractivity contribution in [2.45, 2.75) is 37.8 Å². The first-order valence-electron chi connectivity index (χ1n) is 8.51. The van der Waals surface area contributed by atoms with Crippen LogP contribution >= 0.6 is 23.2 Å². The quantitative estimate of drug-likeness (QED) is 0.670. The van der Waals surface area contributed by atoms with Gasteiger partial charge >= 0.3 is 0 Å². The maximum atomic E-state index is 12.7. The van der Waals surface area contributed by atoms with Crippen molar-refractivity contribution in [1.82, 2.24) is 10.0 Å². The van der Waals surface area contributed by atoms with E-state index in [1.807, 2.05) is 0 Å². The highest BCUT2D eigenvalue weighted by Crippen LogP contribution is 2.27. The number of nitrogens with one attached hydrogen (secondary N) is 2. The van der Waals surface area contributed by atoms with E-state index in [4.69, 9.17) is 27.9 Å². The van der Waals surface area contributed by atoms with Crippen molar-refractivity contribution in [2.24, 2.45) is 0 Å². The SMILES string of the molecule is COc1ccc(C(=O)NC(C)c2ccc(Cl)c(Cl)c2)cc1S(=O)(=O)NC(C)C. The van der Waals surface area contributed by atoms with Crippen molar-refractivity contribution < 1.29 is 17.9 Å². The molecule has 0 fully saturated rings. The van der Waals surface area contributed by atoms with Crippen LogP contribution in [-0.2, 0) is 10.0 Å². The highest BCUT2D eigenvalue weighted by atomic mass is 35.5. The lowest BCUT2D eigenvalue weighted by atomic mass is 10.1. The van der Waals surface area contributed by atoms with Gasteiger partial charge in [-0.15, -0.1) is 0 Å². The lowest BCUT2D eigenvalue weighted by molar-refractivity contribution is 0.0939. The highest BCUT2D eigenvalue weighted by Gasteiger charge is 2.23. The third-order valence-corrected chi connectivity index (χ3v) is 6.32. The molecule has 6 nitrogen and oxygen atoms in total. The standard InChI is InChI=1S/C19H22Cl2N2O4S/c1-11(2)23-28(25,26)18-10-14(6-8-17(18)27-4)19(24)22-12(3)13-5-7-15(20)16(21)9-13/h5-12,23H,1-4H3,(H,22,24). The first kappa shape index (κ1) is 22.5. The van der Waals surface area contributed by atoms with Gasteiger partial charge in [-0.2, -0.15) is 0 Å². The number of benzene rings is 2. The van der Waals surface area contributed by atoms with Gasteiger partial charge in [0.15, 0.2) is 0 Å². The van der Waals surface area contributed by atoms with E-state index < -0.39 is 15.9 Å². The lowest BCUT2D eigenvalue weighted by Gasteiger charge is -2.17. The van der Waals surface area contributed by atoms with Crippen molar-refractivity contribution in [3.63, 3.8) is 0 Å². The van der Waals surface area contributed by atoms with Gasteiger partial charge in [0, 0.05) is 11.6 Å². The number of carbonyl (C=O) groups excluding carboxylic acids is 1. The number of hydrogen-bond acceptors (Lipinski definition) is 4. The van der Waals surface area contributed by atoms with E-state index in [0.717, 1.165) is 5.56 Å². The van der Waals surface area contributed by atoms with Gasteiger partial charge in [0.1, 0.15) is 10.6 Å². The van der Waals surface area contributed by atoms with E-state index >= 15 is 0 Å². The summed E-state index contributed by atoms with van der Waals surface area (Å²) in [4.78, 5) is 12.6. The van der Waals surface area contributed by atoms with Crippen LogP contribution in [0, 0.1) is 0 Å². The smallest absolute Gasteiger partial charge is 0.251 e. The van der Waals surface area contributed by atoms with Gasteiger partial charge in [0.2, 0.25) is 10.0 Å². The topological polar surface area (TPSA) is 84.5 Å². The molecule has 0 aliphatic heterocycles. The summed E-state index contributed by atoms with van der Waals surface area (Å²) in [6.07, 6.45) is 0. The maximum Gasteiger partial charge on any atom is 0.251 e. The molecular formula is C19H22Cl2N2O4S. The summed E-state index contributed by atoms with van der Waals surface area (Å²) in [5.74, 6) is -0.274. The average Bonchev–Trinajstić information content (AvgIpc) is 2.62. The number of hydrogen-bond donors (Lipinski definition) is 2. The van der Waals surface area contributed by atoms with E-state index in [9.17, 15) is 13.2 Å². The summed E-state index contributed by atoms with van der Waals surface area (Å²) in [6, 6.07) is 8.66. The molecule has 0 heterocycles. The second-order valence-corrected chi connectivity index (χ2v) is 9.01. The molecule has 152 valence electrons. The van der Waals surface area contributed by atoms with Crippen LogP contribution in [0.3, 0.4) is 0 Å². The van der Waals surface area contributed by atoms with E-state index in [1.165, 1.54) is 25.3 Å². The molecule has 28 heavy (non-hydrogen) atoms. The Hall–Kier alpha value is -1.80. The predicted octanol–water partition coefficient (Wildman–Crippen LogP) is 4.18. The Balaban J connectivity index is 2.30. The molecule has 9 heteroatoms. The molecule has 0 bridgehead atoms. The number of sulfonamides is 1. The summed E-state index contributed by atoms with van der Waals surface area (Å²) in [6.45, 7) is 5.21. The summed E-state index contributed by atoms with van der Waals surface area (Å²) >= 11 is 11.9. The molecule has 0 aliphatic rings. The molecular weight excluding hydrogens is 423 g/mol. The Labute approximate surface area is 175 Å². The van der Waals surface area contributed by atoms with Gasteiger partial charge in [-0.3, -0.25) is 4.79 Å². The number of halogens is 2. The van der Waals surface area contributed by atoms with Crippen molar-refractivity contribution in [3.8, 4) is 5.75 Å². The average molecular weight is 445 g/mol. The zero-order chi connectivity index (χ0) is 21.1. The fraction of sp³-hybridized carbons (Fsp3) is 0.316. The number of rotatable bonds is 7. The molecule has 0 saturated heterocycles. The van der Waals surface area contributed by atoms with Crippen LogP contribution in [0.2, 0.25) is 10.0 Å². The minimum atomic E-state index is -3.84. The van der Waals surface area contributed by atoms with Crippen LogP contribution in [0.25, 0.3) is 0 Å². The summed E-state index contributed by atoms with van der Waals surface area (Å²) in [7, 11) is -2.47. The third kappa shape index (κ3) is 5.38. The van der Waals surface area contributed by atoms with Crippen LogP contribution in [0.4, 0.5) is 0 Å². The van der Waals surface area contributed by atoms with E-state index in [2.05, 4.69) is 10.0 Å². The fourth-order valence-corrected chi connectivity index (χ4v) is 4.30. The molecule has 2 aromatic carbocycles. The third-order valence-electron chi connectivity index (χ3n) is 3.90. The van der Waals surface area contributed by atoms with Crippen molar-refractivity contribution in [2.75, 3.05) is 7.11 Å². The first-order chi connectivity index (χ1) is 13.0. The monoisotopic (exact) mass is 444 g/mol. The summed E-state index contributed by atoms with van der Waals surface area (Å²) in [5.41, 5.74) is 0.961. The van der Waals surface area contributed by atoms with Crippen LogP contribution in [0.1, 0.15) is 42.7 Å². The Morgan fingerprint density at radius 3 is 2.29 bits per heavy atom. The molecule has 0 aliphatic carbocycles. The van der Waals surface area contributed by atoms with Crippen molar-refractivity contribution in [3.05, 3.63) is 57.6 Å². The molecule has 1 atom stereocenters. The predicted molar refractivity (Wildman–Crippen MR) is 111 cm³/mol. The number of ether oxygens (including phenoxy) is 1. The second-order valence-electron chi connectivity index (χ2n) is 6.51. The molecule has 0 saturated carbocycles. The van der Waals surface area contributed by atoms with E-state index in [0.29, 0.717) is 10.0 Å². The molecule has 0 radical (unpaired) electrons. The maximum absolute atomic E-state index is 12.7. The first-order valence-corrected chi connectivity index (χ1v) is 10.7. The van der Waals surface area contributed by atoms with E-state index in [-0.39, 0.29) is 28.3 Å². The van der Waals surface area contributed by atoms with Gasteiger partial charge in [-0.25, -0.2) is 13.1 Å². The summed E-state index contributed by atoms with van der Waals surface area (Å²) < 4.78 is 32.8. The Morgan fingerprint density at radius 2 is 1.71 bits per heavy atom. The minimum absolute atomic E-state index is 0.0986. The Bertz CT molecular complexity index is 978. The highest BCUT2D eigenvalue weighted by molar-refractivity contribution is 7.89. The molecule has 2 rings (SSSR count). The molecule has 2 N–H and O–H groups in total. The zero-order valence-corrected chi connectivity index (χ0v) is 18.2. The zero-order valence-electron chi connectivity index (χ0n) is 15.9.